The van der Waals surface area contributed by atoms with Gasteiger partial charge >= 0.3 is 6.03 Å². The number of barbiturate groups is 1. The van der Waals surface area contributed by atoms with Gasteiger partial charge in [0, 0.05) is 22.0 Å². The van der Waals surface area contributed by atoms with E-state index in [2.05, 4.69) is 5.32 Å². The fraction of sp³-hybridized carbons (Fsp3) is 0.179. The number of carbonyl (C=O) groups is 3. The molecule has 0 saturated carbocycles. The van der Waals surface area contributed by atoms with Crippen molar-refractivity contribution < 1.29 is 19.1 Å². The van der Waals surface area contributed by atoms with Crippen molar-refractivity contribution in [3.05, 3.63) is 98.0 Å². The van der Waals surface area contributed by atoms with Crippen LogP contribution in [0.4, 0.5) is 10.5 Å². The van der Waals surface area contributed by atoms with E-state index in [1.165, 1.54) is 6.08 Å². The summed E-state index contributed by atoms with van der Waals surface area (Å²) in [6.07, 6.45) is 1.85. The molecule has 6 nitrogen and oxygen atoms in total. The molecule has 3 aromatic rings. The highest BCUT2D eigenvalue weighted by atomic mass is 35.5. The van der Waals surface area contributed by atoms with Crippen molar-refractivity contribution in [2.45, 2.75) is 27.2 Å². The van der Waals surface area contributed by atoms with Gasteiger partial charge in [-0.1, -0.05) is 59.1 Å². The molecule has 184 valence electrons. The van der Waals surface area contributed by atoms with Crippen molar-refractivity contribution in [2.75, 3.05) is 11.5 Å². The van der Waals surface area contributed by atoms with Crippen LogP contribution in [0, 0.1) is 13.8 Å². The molecule has 3 aromatic carbocycles. The van der Waals surface area contributed by atoms with E-state index in [0.717, 1.165) is 27.2 Å². The smallest absolute Gasteiger partial charge is 0.335 e. The van der Waals surface area contributed by atoms with Gasteiger partial charge in [-0.25, -0.2) is 9.69 Å². The number of hydrogen-bond donors (Lipinski definition) is 1. The van der Waals surface area contributed by atoms with Crippen molar-refractivity contribution in [1.82, 2.24) is 5.32 Å². The summed E-state index contributed by atoms with van der Waals surface area (Å²) in [4.78, 5) is 39.5. The average molecular weight is 523 g/mol. The fourth-order valence-corrected chi connectivity index (χ4v) is 4.59. The van der Waals surface area contributed by atoms with E-state index in [1.807, 2.05) is 38.1 Å². The molecule has 4 rings (SSSR count). The molecular formula is C28H24Cl2N2O4. The van der Waals surface area contributed by atoms with Gasteiger partial charge in [-0.3, -0.25) is 14.9 Å². The maximum absolute atomic E-state index is 13.3. The lowest BCUT2D eigenvalue weighted by Gasteiger charge is -2.27. The Morgan fingerprint density at radius 2 is 1.72 bits per heavy atom. The summed E-state index contributed by atoms with van der Waals surface area (Å²) < 4.78 is 5.84. The van der Waals surface area contributed by atoms with Crippen molar-refractivity contribution in [3.63, 3.8) is 0 Å². The lowest BCUT2D eigenvalue weighted by molar-refractivity contribution is -0.122. The Kier molecular flexibility index (Phi) is 7.48. The second-order valence-corrected chi connectivity index (χ2v) is 9.24. The summed E-state index contributed by atoms with van der Waals surface area (Å²) in [5, 5.41) is 3.27. The highest BCUT2D eigenvalue weighted by molar-refractivity contribution is 6.39. The number of urea groups is 1. The Hall–Kier alpha value is -3.61. The van der Waals surface area contributed by atoms with Crippen molar-refractivity contribution >= 4 is 52.8 Å². The van der Waals surface area contributed by atoms with E-state index in [-0.39, 0.29) is 5.57 Å². The third-order valence-corrected chi connectivity index (χ3v) is 6.51. The molecule has 0 unspecified atom stereocenters. The SMILES string of the molecule is CCOc1cc(/C=C2\C(=O)NC(=O)N(c3ccc(C)cc3C)C2=O)cc(Cl)c1Cc1ccccc1Cl. The first-order chi connectivity index (χ1) is 17.2. The predicted octanol–water partition coefficient (Wildman–Crippen LogP) is 6.27. The van der Waals surface area contributed by atoms with Crippen LogP contribution in [0.5, 0.6) is 5.75 Å². The van der Waals surface area contributed by atoms with Crippen LogP contribution in [0.15, 0.2) is 60.2 Å². The van der Waals surface area contributed by atoms with Crippen LogP contribution in [0.3, 0.4) is 0 Å². The predicted molar refractivity (Wildman–Crippen MR) is 142 cm³/mol. The number of carbonyl (C=O) groups excluding carboxylic acids is 3. The van der Waals surface area contributed by atoms with E-state index >= 15 is 0 Å². The van der Waals surface area contributed by atoms with Crippen LogP contribution in [-0.4, -0.2) is 24.5 Å². The molecule has 0 atom stereocenters. The molecule has 1 fully saturated rings. The lowest BCUT2D eigenvalue weighted by atomic mass is 10.00. The quantitative estimate of drug-likeness (QED) is 0.306. The Bertz CT molecular complexity index is 1410. The number of imide groups is 2. The van der Waals surface area contributed by atoms with Crippen LogP contribution in [0.25, 0.3) is 6.08 Å². The molecule has 1 saturated heterocycles. The molecule has 0 aliphatic carbocycles. The number of rotatable bonds is 6. The fourth-order valence-electron chi connectivity index (χ4n) is 4.10. The standard InChI is InChI=1S/C28H24Cl2N2O4/c1-4-36-25-14-18(13-23(30)20(25)15-19-7-5-6-8-22(19)29)12-21-26(33)31-28(35)32(27(21)34)24-10-9-16(2)11-17(24)3/h5-14H,4,15H2,1-3H3,(H,31,33,35)/b21-12+. The second kappa shape index (κ2) is 10.6. The molecule has 0 radical (unpaired) electrons. The first kappa shape index (κ1) is 25.5. The summed E-state index contributed by atoms with van der Waals surface area (Å²) in [5.41, 5.74) is 4.05. The number of amides is 4. The van der Waals surface area contributed by atoms with E-state index in [0.29, 0.717) is 40.1 Å². The van der Waals surface area contributed by atoms with Crippen LogP contribution in [0.1, 0.15) is 34.7 Å². The number of anilines is 1. The Morgan fingerprint density at radius 1 is 0.972 bits per heavy atom. The maximum atomic E-state index is 13.3. The molecule has 8 heteroatoms. The minimum atomic E-state index is -0.794. The topological polar surface area (TPSA) is 75.7 Å². The van der Waals surface area contributed by atoms with Crippen LogP contribution < -0.4 is 15.0 Å². The number of benzene rings is 3. The van der Waals surface area contributed by atoms with Crippen molar-refractivity contribution in [2.24, 2.45) is 0 Å². The highest BCUT2D eigenvalue weighted by Crippen LogP contribution is 2.34. The summed E-state index contributed by atoms with van der Waals surface area (Å²) in [5.74, 6) is -0.979. The van der Waals surface area contributed by atoms with Gasteiger partial charge in [-0.15, -0.1) is 0 Å². The maximum Gasteiger partial charge on any atom is 0.335 e. The molecule has 1 aliphatic heterocycles. The normalized spacial score (nSPS) is 14.9. The molecule has 1 N–H and O–H groups in total. The van der Waals surface area contributed by atoms with Gasteiger partial charge in [0.25, 0.3) is 11.8 Å². The summed E-state index contributed by atoms with van der Waals surface area (Å²) in [6.45, 7) is 5.96. The van der Waals surface area contributed by atoms with Crippen LogP contribution >= 0.6 is 23.2 Å². The molecule has 0 aromatic heterocycles. The highest BCUT2D eigenvalue weighted by Gasteiger charge is 2.37. The second-order valence-electron chi connectivity index (χ2n) is 8.43. The molecule has 1 aliphatic rings. The molecule has 4 amide bonds. The number of aryl methyl sites for hydroxylation is 2. The van der Waals surface area contributed by atoms with Gasteiger partial charge in [0.05, 0.1) is 12.3 Å². The molecule has 0 bridgehead atoms. The molecular weight excluding hydrogens is 499 g/mol. The van der Waals surface area contributed by atoms with E-state index in [1.54, 1.807) is 37.3 Å². The Balaban J connectivity index is 1.74. The van der Waals surface area contributed by atoms with E-state index < -0.39 is 17.8 Å². The van der Waals surface area contributed by atoms with Crippen molar-refractivity contribution in [1.29, 1.82) is 0 Å². The monoisotopic (exact) mass is 522 g/mol. The van der Waals surface area contributed by atoms with Crippen LogP contribution in [-0.2, 0) is 16.0 Å². The zero-order valence-electron chi connectivity index (χ0n) is 20.0. The molecule has 36 heavy (non-hydrogen) atoms. The first-order valence-electron chi connectivity index (χ1n) is 11.4. The zero-order valence-corrected chi connectivity index (χ0v) is 21.5. The van der Waals surface area contributed by atoms with E-state index in [4.69, 9.17) is 27.9 Å². The van der Waals surface area contributed by atoms with Gasteiger partial charge in [0.2, 0.25) is 0 Å². The Morgan fingerprint density at radius 3 is 2.42 bits per heavy atom. The minimum absolute atomic E-state index is 0.188. The number of nitrogens with one attached hydrogen (secondary N) is 1. The Labute approximate surface area is 219 Å². The van der Waals surface area contributed by atoms with Gasteiger partial charge in [-0.2, -0.15) is 0 Å². The third kappa shape index (κ3) is 5.15. The summed E-state index contributed by atoms with van der Waals surface area (Å²) >= 11 is 13.0. The third-order valence-electron chi connectivity index (χ3n) is 5.81. The molecule has 1 heterocycles. The van der Waals surface area contributed by atoms with Gasteiger partial charge in [0.1, 0.15) is 11.3 Å². The number of nitrogens with zero attached hydrogens (tertiary/aromatic N) is 1. The summed E-state index contributed by atoms with van der Waals surface area (Å²) in [7, 11) is 0. The molecule has 0 spiro atoms. The average Bonchev–Trinajstić information content (AvgIpc) is 2.81. The number of hydrogen-bond acceptors (Lipinski definition) is 4. The van der Waals surface area contributed by atoms with Crippen LogP contribution in [0.2, 0.25) is 10.0 Å². The first-order valence-corrected chi connectivity index (χ1v) is 12.1. The largest absolute Gasteiger partial charge is 0.494 e. The number of halogens is 2. The van der Waals surface area contributed by atoms with E-state index in [9.17, 15) is 14.4 Å². The summed E-state index contributed by atoms with van der Waals surface area (Å²) in [6, 6.07) is 15.4. The van der Waals surface area contributed by atoms with Gasteiger partial charge in [0.15, 0.2) is 0 Å². The number of ether oxygens (including phenoxy) is 1. The van der Waals surface area contributed by atoms with Crippen molar-refractivity contribution in [3.8, 4) is 5.75 Å². The van der Waals surface area contributed by atoms with Gasteiger partial charge in [-0.05, 0) is 67.8 Å². The zero-order chi connectivity index (χ0) is 26.0. The van der Waals surface area contributed by atoms with Gasteiger partial charge < -0.3 is 4.74 Å². The lowest BCUT2D eigenvalue weighted by Crippen LogP contribution is -2.54. The minimum Gasteiger partial charge on any atom is -0.494 e.